The average Bonchev–Trinajstić information content (AvgIpc) is 3.57. The van der Waals surface area contributed by atoms with Crippen molar-refractivity contribution in [1.29, 1.82) is 0 Å². The number of morpholine rings is 1. The minimum atomic E-state index is -0.815. The minimum absolute atomic E-state index is 0.193. The molecule has 0 unspecified atom stereocenters. The first-order valence-electron chi connectivity index (χ1n) is 13.3. The van der Waals surface area contributed by atoms with E-state index in [9.17, 15) is 9.59 Å². The number of furan rings is 1. The van der Waals surface area contributed by atoms with E-state index in [1.807, 2.05) is 19.1 Å². The van der Waals surface area contributed by atoms with Crippen LogP contribution in [0.15, 0.2) is 55.8 Å². The fourth-order valence-electron chi connectivity index (χ4n) is 4.97. The number of hydrogen-bond acceptors (Lipinski definition) is 10. The zero-order chi connectivity index (χ0) is 28.2. The van der Waals surface area contributed by atoms with Crippen LogP contribution in [0.2, 0.25) is 0 Å². The summed E-state index contributed by atoms with van der Waals surface area (Å²) in [6, 6.07) is 8.26. The van der Waals surface area contributed by atoms with Crippen molar-refractivity contribution in [1.82, 2.24) is 4.57 Å². The second-order valence-corrected chi connectivity index (χ2v) is 10.3. The van der Waals surface area contributed by atoms with Crippen molar-refractivity contribution >= 4 is 29.3 Å². The highest BCUT2D eigenvalue weighted by Gasteiger charge is 2.36. The molecule has 10 nitrogen and oxygen atoms in total. The van der Waals surface area contributed by atoms with Gasteiger partial charge in [-0.3, -0.25) is 9.36 Å². The molecular weight excluding hydrogens is 534 g/mol. The summed E-state index contributed by atoms with van der Waals surface area (Å²) in [7, 11) is 3.12. The zero-order valence-corrected chi connectivity index (χ0v) is 23.9. The Morgan fingerprint density at radius 2 is 1.95 bits per heavy atom. The summed E-state index contributed by atoms with van der Waals surface area (Å²) in [5.74, 6) is 1.86. The van der Waals surface area contributed by atoms with E-state index >= 15 is 0 Å². The Morgan fingerprint density at radius 1 is 1.15 bits per heavy atom. The lowest BCUT2D eigenvalue weighted by molar-refractivity contribution is -0.139. The molecule has 0 amide bonds. The highest BCUT2D eigenvalue weighted by Crippen LogP contribution is 2.38. The number of carbonyl (C=O) groups is 1. The van der Waals surface area contributed by atoms with Crippen LogP contribution in [0, 0.1) is 0 Å². The molecule has 1 fully saturated rings. The monoisotopic (exact) mass is 567 g/mol. The standard InChI is InChI=1S/C29H33N3O7S/c1-5-7-21-25(28(34)38-6-2)26(20-16-18(35-3)8-10-22(20)36-4)32-27(33)23(40-29(32)30-21)17-19-9-11-24(39-19)31-12-14-37-15-13-31/h8-11,16-17,26H,5-7,12-15H2,1-4H3/b23-17-/t26-/m0/s1. The minimum Gasteiger partial charge on any atom is -0.497 e. The van der Waals surface area contributed by atoms with E-state index < -0.39 is 12.0 Å². The Morgan fingerprint density at radius 3 is 2.65 bits per heavy atom. The Balaban J connectivity index is 1.70. The quantitative estimate of drug-likeness (QED) is 0.364. The molecule has 4 heterocycles. The number of thiazole rings is 1. The maximum absolute atomic E-state index is 14.0. The van der Waals surface area contributed by atoms with Crippen LogP contribution in [-0.2, 0) is 14.3 Å². The van der Waals surface area contributed by atoms with Crippen molar-refractivity contribution in [2.45, 2.75) is 32.7 Å². The predicted octanol–water partition coefficient (Wildman–Crippen LogP) is 3.03. The van der Waals surface area contributed by atoms with Gasteiger partial charge in [0.2, 0.25) is 0 Å². The molecule has 0 bridgehead atoms. The zero-order valence-electron chi connectivity index (χ0n) is 23.1. The lowest BCUT2D eigenvalue weighted by atomic mass is 9.93. The van der Waals surface area contributed by atoms with E-state index in [0.29, 0.717) is 63.1 Å². The van der Waals surface area contributed by atoms with Crippen LogP contribution in [0.3, 0.4) is 0 Å². The largest absolute Gasteiger partial charge is 0.497 e. The lowest BCUT2D eigenvalue weighted by Crippen LogP contribution is -2.40. The van der Waals surface area contributed by atoms with Gasteiger partial charge in [-0.2, -0.15) is 0 Å². The van der Waals surface area contributed by atoms with Crippen molar-refractivity contribution in [3.05, 3.63) is 72.6 Å². The van der Waals surface area contributed by atoms with E-state index in [1.54, 1.807) is 50.0 Å². The average molecular weight is 568 g/mol. The van der Waals surface area contributed by atoms with E-state index in [0.717, 1.165) is 25.4 Å². The van der Waals surface area contributed by atoms with Gasteiger partial charge in [-0.1, -0.05) is 24.7 Å². The topological polar surface area (TPSA) is 105 Å². The Kier molecular flexibility index (Phi) is 8.41. The summed E-state index contributed by atoms with van der Waals surface area (Å²) in [5, 5.41) is 0. The van der Waals surface area contributed by atoms with E-state index in [1.165, 1.54) is 11.3 Å². The van der Waals surface area contributed by atoms with Gasteiger partial charge in [0.15, 0.2) is 10.7 Å². The molecule has 0 saturated carbocycles. The van der Waals surface area contributed by atoms with E-state index in [-0.39, 0.29) is 12.2 Å². The number of methoxy groups -OCH3 is 2. The van der Waals surface area contributed by atoms with E-state index in [2.05, 4.69) is 4.90 Å². The first kappa shape index (κ1) is 27.7. The van der Waals surface area contributed by atoms with Crippen LogP contribution in [0.1, 0.15) is 44.1 Å². The molecule has 40 heavy (non-hydrogen) atoms. The maximum atomic E-state index is 14.0. The van der Waals surface area contributed by atoms with Gasteiger partial charge in [-0.05, 0) is 37.6 Å². The summed E-state index contributed by atoms with van der Waals surface area (Å²) < 4.78 is 30.1. The number of allylic oxidation sites excluding steroid dienone is 1. The molecule has 1 atom stereocenters. The molecule has 212 valence electrons. The molecule has 11 heteroatoms. The van der Waals surface area contributed by atoms with Crippen molar-refractivity contribution in [3.63, 3.8) is 0 Å². The number of aromatic nitrogens is 1. The molecule has 0 spiro atoms. The van der Waals surface area contributed by atoms with E-state index in [4.69, 9.17) is 28.4 Å². The van der Waals surface area contributed by atoms with Gasteiger partial charge in [0.1, 0.15) is 23.3 Å². The number of carbonyl (C=O) groups excluding carboxylic acids is 1. The molecular formula is C29H33N3O7S. The Hall–Kier alpha value is -3.83. The normalized spacial score (nSPS) is 17.4. The van der Waals surface area contributed by atoms with Gasteiger partial charge in [0.25, 0.3) is 5.56 Å². The van der Waals surface area contributed by atoms with Crippen LogP contribution >= 0.6 is 11.3 Å². The van der Waals surface area contributed by atoms with Crippen molar-refractivity contribution in [3.8, 4) is 11.5 Å². The Labute approximate surface area is 235 Å². The van der Waals surface area contributed by atoms with Gasteiger partial charge in [-0.25, -0.2) is 9.79 Å². The van der Waals surface area contributed by atoms with Gasteiger partial charge >= 0.3 is 5.97 Å². The highest BCUT2D eigenvalue weighted by molar-refractivity contribution is 7.07. The highest BCUT2D eigenvalue weighted by atomic mass is 32.1. The third kappa shape index (κ3) is 5.31. The van der Waals surface area contributed by atoms with Crippen LogP contribution in [0.5, 0.6) is 11.5 Å². The van der Waals surface area contributed by atoms with Gasteiger partial charge in [0, 0.05) is 30.8 Å². The molecule has 2 aromatic heterocycles. The van der Waals surface area contributed by atoms with Crippen molar-refractivity contribution in [2.75, 3.05) is 52.0 Å². The number of ether oxygens (including phenoxy) is 4. The van der Waals surface area contributed by atoms with Crippen molar-refractivity contribution in [2.24, 2.45) is 4.99 Å². The predicted molar refractivity (Wildman–Crippen MR) is 151 cm³/mol. The Bertz CT molecular complexity index is 1590. The number of rotatable bonds is 9. The van der Waals surface area contributed by atoms with Crippen LogP contribution in [0.4, 0.5) is 5.88 Å². The van der Waals surface area contributed by atoms with Crippen LogP contribution in [0.25, 0.3) is 6.08 Å². The van der Waals surface area contributed by atoms with Gasteiger partial charge < -0.3 is 28.3 Å². The molecule has 0 aliphatic carbocycles. The van der Waals surface area contributed by atoms with Crippen molar-refractivity contribution < 1.29 is 28.2 Å². The number of esters is 1. The molecule has 1 aromatic carbocycles. The van der Waals surface area contributed by atoms with Gasteiger partial charge in [-0.15, -0.1) is 0 Å². The van der Waals surface area contributed by atoms with Crippen LogP contribution < -0.4 is 29.3 Å². The SMILES string of the molecule is CCCC1=C(C(=O)OCC)[C@H](c2cc(OC)ccc2OC)n2c(s/c(=C\c3ccc(N4CCOCC4)o3)c2=O)=N1. The first-order valence-corrected chi connectivity index (χ1v) is 14.2. The number of anilines is 1. The van der Waals surface area contributed by atoms with Gasteiger partial charge in [0.05, 0.1) is 49.8 Å². The first-order chi connectivity index (χ1) is 19.5. The summed E-state index contributed by atoms with van der Waals surface area (Å²) in [4.78, 5) is 34.9. The summed E-state index contributed by atoms with van der Waals surface area (Å²) in [6.45, 7) is 6.74. The van der Waals surface area contributed by atoms with Crippen LogP contribution in [-0.4, -0.2) is 57.7 Å². The fourth-order valence-corrected chi connectivity index (χ4v) is 5.97. The molecule has 2 aliphatic rings. The smallest absolute Gasteiger partial charge is 0.338 e. The molecule has 3 aromatic rings. The summed E-state index contributed by atoms with van der Waals surface area (Å²) in [5.41, 5.74) is 1.23. The molecule has 0 radical (unpaired) electrons. The molecule has 1 saturated heterocycles. The number of hydrogen-bond donors (Lipinski definition) is 0. The number of nitrogens with zero attached hydrogens (tertiary/aromatic N) is 3. The second kappa shape index (κ2) is 12.1. The summed E-state index contributed by atoms with van der Waals surface area (Å²) >= 11 is 1.26. The third-order valence-electron chi connectivity index (χ3n) is 6.83. The number of benzene rings is 1. The molecule has 2 aliphatic heterocycles. The summed E-state index contributed by atoms with van der Waals surface area (Å²) in [6.07, 6.45) is 3.03. The molecule has 0 N–H and O–H groups in total. The maximum Gasteiger partial charge on any atom is 0.338 e. The fraction of sp³-hybridized carbons (Fsp3) is 0.414. The third-order valence-corrected chi connectivity index (χ3v) is 7.82. The lowest BCUT2D eigenvalue weighted by Gasteiger charge is -2.27. The second-order valence-electron chi connectivity index (χ2n) is 9.30. The molecule has 5 rings (SSSR count). The number of fused-ring (bicyclic) bond motifs is 1.